The Hall–Kier alpha value is -0.580. The van der Waals surface area contributed by atoms with Gasteiger partial charge < -0.3 is 5.73 Å². The van der Waals surface area contributed by atoms with E-state index in [-0.39, 0.29) is 11.6 Å². The van der Waals surface area contributed by atoms with Crippen LogP contribution in [0.4, 0.5) is 0 Å². The molecule has 0 spiro atoms. The summed E-state index contributed by atoms with van der Waals surface area (Å²) in [7, 11) is 1.87. The van der Waals surface area contributed by atoms with E-state index in [0.717, 1.165) is 37.2 Å². The van der Waals surface area contributed by atoms with Crippen LogP contribution in [0.5, 0.6) is 0 Å². The maximum absolute atomic E-state index is 6.56. The molecule has 0 aliphatic carbocycles. The van der Waals surface area contributed by atoms with Gasteiger partial charge in [0.05, 0.1) is 5.69 Å². The highest BCUT2D eigenvalue weighted by atomic mass is 35.5. The van der Waals surface area contributed by atoms with E-state index in [0.29, 0.717) is 5.15 Å². The number of nitrogens with zero attached hydrogens (tertiary/aromatic N) is 3. The molecule has 0 fully saturated rings. The number of aryl methyl sites for hydroxylation is 2. The van der Waals surface area contributed by atoms with Crippen molar-refractivity contribution in [3.05, 3.63) is 16.4 Å². The van der Waals surface area contributed by atoms with Gasteiger partial charge in [0, 0.05) is 24.2 Å². The van der Waals surface area contributed by atoms with E-state index in [1.807, 2.05) is 14.0 Å². The average Bonchev–Trinajstić information content (AvgIpc) is 2.66. The van der Waals surface area contributed by atoms with E-state index < -0.39 is 0 Å². The lowest BCUT2D eigenvalue weighted by molar-refractivity contribution is 0.0844. The Labute approximate surface area is 128 Å². The zero-order valence-corrected chi connectivity index (χ0v) is 14.5. The molecule has 2 atom stereocenters. The molecule has 5 heteroatoms. The van der Waals surface area contributed by atoms with Crippen molar-refractivity contribution in [3.8, 4) is 0 Å². The first kappa shape index (κ1) is 17.5. The molecular formula is C15H29ClN4. The van der Waals surface area contributed by atoms with Crippen LogP contribution in [0.15, 0.2) is 0 Å². The molecular weight excluding hydrogens is 272 g/mol. The monoisotopic (exact) mass is 300 g/mol. The summed E-state index contributed by atoms with van der Waals surface area (Å²) in [5.41, 5.74) is 8.59. The highest BCUT2D eigenvalue weighted by Gasteiger charge is 2.35. The molecule has 0 saturated heterocycles. The molecule has 4 nitrogen and oxygen atoms in total. The second-order valence-corrected chi connectivity index (χ2v) is 6.03. The van der Waals surface area contributed by atoms with Crippen molar-refractivity contribution in [1.29, 1.82) is 0 Å². The van der Waals surface area contributed by atoms with Gasteiger partial charge in [0.2, 0.25) is 0 Å². The van der Waals surface area contributed by atoms with E-state index in [2.05, 4.69) is 37.7 Å². The van der Waals surface area contributed by atoms with Gasteiger partial charge in [-0.3, -0.25) is 9.58 Å². The normalized spacial score (nSPS) is 16.4. The molecule has 2 unspecified atom stereocenters. The zero-order chi connectivity index (χ0) is 15.5. The lowest BCUT2D eigenvalue weighted by atomic mass is 9.84. The number of likely N-dealkylation sites (N-methyl/N-ethyl adjacent to an activating group) is 1. The lowest BCUT2D eigenvalue weighted by Gasteiger charge is -2.44. The predicted octanol–water partition coefficient (Wildman–Crippen LogP) is 2.76. The number of hydrogen-bond acceptors (Lipinski definition) is 3. The summed E-state index contributed by atoms with van der Waals surface area (Å²) in [6.45, 7) is 12.8. The molecule has 116 valence electrons. The molecule has 0 saturated carbocycles. The second-order valence-electron chi connectivity index (χ2n) is 5.67. The van der Waals surface area contributed by atoms with Crippen LogP contribution in [0.2, 0.25) is 5.15 Å². The van der Waals surface area contributed by atoms with E-state index in [4.69, 9.17) is 17.3 Å². The summed E-state index contributed by atoms with van der Waals surface area (Å²) in [6.07, 6.45) is 1.78. The molecule has 1 aromatic rings. The van der Waals surface area contributed by atoms with E-state index in [1.54, 1.807) is 4.68 Å². The van der Waals surface area contributed by atoms with Crippen LogP contribution in [0, 0.1) is 6.92 Å². The quantitative estimate of drug-likeness (QED) is 0.842. The van der Waals surface area contributed by atoms with Crippen LogP contribution < -0.4 is 5.73 Å². The van der Waals surface area contributed by atoms with Crippen molar-refractivity contribution in [2.24, 2.45) is 12.8 Å². The molecule has 1 heterocycles. The van der Waals surface area contributed by atoms with Crippen molar-refractivity contribution in [3.63, 3.8) is 0 Å². The topological polar surface area (TPSA) is 47.1 Å². The van der Waals surface area contributed by atoms with Gasteiger partial charge >= 0.3 is 0 Å². The van der Waals surface area contributed by atoms with Gasteiger partial charge in [-0.05, 0) is 39.8 Å². The van der Waals surface area contributed by atoms with Crippen LogP contribution in [-0.2, 0) is 13.5 Å². The van der Waals surface area contributed by atoms with Gasteiger partial charge in [0.25, 0.3) is 0 Å². The highest BCUT2D eigenvalue weighted by Crippen LogP contribution is 2.28. The summed E-state index contributed by atoms with van der Waals surface area (Å²) in [5.74, 6) is 0. The van der Waals surface area contributed by atoms with Crippen LogP contribution in [-0.4, -0.2) is 39.4 Å². The largest absolute Gasteiger partial charge is 0.326 e. The molecule has 0 aliphatic heterocycles. The molecule has 2 N–H and O–H groups in total. The average molecular weight is 301 g/mol. The van der Waals surface area contributed by atoms with Crippen molar-refractivity contribution >= 4 is 11.6 Å². The number of halogens is 1. The van der Waals surface area contributed by atoms with Gasteiger partial charge in [-0.15, -0.1) is 0 Å². The van der Waals surface area contributed by atoms with Gasteiger partial charge in [0.1, 0.15) is 5.15 Å². The summed E-state index contributed by atoms with van der Waals surface area (Å²) >= 11 is 6.33. The Balaban J connectivity index is 3.00. The van der Waals surface area contributed by atoms with Crippen molar-refractivity contribution in [2.45, 2.75) is 59.0 Å². The third-order valence-corrected chi connectivity index (χ3v) is 5.17. The van der Waals surface area contributed by atoms with E-state index in [1.165, 1.54) is 0 Å². The standard InChI is InChI=1S/C15H29ClN4/c1-7-15(5,20(8-2)9-3)13(17)10-12-11(4)18-19(6)14(12)16/h13H,7-10,17H2,1-6H3. The first-order valence-corrected chi connectivity index (χ1v) is 7.88. The predicted molar refractivity (Wildman–Crippen MR) is 86.3 cm³/mol. The third-order valence-electron chi connectivity index (χ3n) is 4.69. The molecule has 1 aromatic heterocycles. The number of rotatable bonds is 7. The fourth-order valence-electron chi connectivity index (χ4n) is 3.01. The first-order valence-electron chi connectivity index (χ1n) is 7.50. The molecule has 1 rings (SSSR count). The van der Waals surface area contributed by atoms with Crippen LogP contribution in [0.3, 0.4) is 0 Å². The summed E-state index contributed by atoms with van der Waals surface area (Å²) in [4.78, 5) is 2.44. The molecule has 20 heavy (non-hydrogen) atoms. The maximum Gasteiger partial charge on any atom is 0.130 e. The molecule has 0 amide bonds. The van der Waals surface area contributed by atoms with Crippen molar-refractivity contribution in [2.75, 3.05) is 13.1 Å². The smallest absolute Gasteiger partial charge is 0.130 e. The summed E-state index contributed by atoms with van der Waals surface area (Å²) in [5, 5.41) is 5.08. The van der Waals surface area contributed by atoms with Crippen molar-refractivity contribution in [1.82, 2.24) is 14.7 Å². The number of hydrogen-bond donors (Lipinski definition) is 1. The maximum atomic E-state index is 6.56. The molecule has 0 radical (unpaired) electrons. The van der Waals surface area contributed by atoms with Gasteiger partial charge in [-0.2, -0.15) is 5.10 Å². The minimum Gasteiger partial charge on any atom is -0.326 e. The van der Waals surface area contributed by atoms with Crippen LogP contribution >= 0.6 is 11.6 Å². The fraction of sp³-hybridized carbons (Fsp3) is 0.800. The SMILES string of the molecule is CCN(CC)C(C)(CC)C(N)Cc1c(C)nn(C)c1Cl. The second kappa shape index (κ2) is 6.92. The highest BCUT2D eigenvalue weighted by molar-refractivity contribution is 6.30. The van der Waals surface area contributed by atoms with Gasteiger partial charge in [0.15, 0.2) is 0 Å². The van der Waals surface area contributed by atoms with E-state index >= 15 is 0 Å². The summed E-state index contributed by atoms with van der Waals surface area (Å²) in [6, 6.07) is 0.0350. The Morgan fingerprint density at radius 3 is 2.25 bits per heavy atom. The lowest BCUT2D eigenvalue weighted by Crippen LogP contribution is -2.58. The zero-order valence-electron chi connectivity index (χ0n) is 13.7. The molecule has 0 aromatic carbocycles. The fourth-order valence-corrected chi connectivity index (χ4v) is 3.26. The molecule has 0 bridgehead atoms. The van der Waals surface area contributed by atoms with Crippen molar-refractivity contribution < 1.29 is 0 Å². The number of aromatic nitrogens is 2. The number of nitrogens with two attached hydrogens (primary N) is 1. The van der Waals surface area contributed by atoms with Gasteiger partial charge in [-0.1, -0.05) is 32.4 Å². The minimum atomic E-state index is -0.0187. The summed E-state index contributed by atoms with van der Waals surface area (Å²) < 4.78 is 1.72. The Morgan fingerprint density at radius 1 is 1.35 bits per heavy atom. The van der Waals surface area contributed by atoms with Gasteiger partial charge in [-0.25, -0.2) is 0 Å². The Kier molecular flexibility index (Phi) is 6.05. The third kappa shape index (κ3) is 3.18. The van der Waals surface area contributed by atoms with E-state index in [9.17, 15) is 0 Å². The molecule has 0 aliphatic rings. The Bertz CT molecular complexity index is 439. The minimum absolute atomic E-state index is 0.0187. The Morgan fingerprint density at radius 2 is 1.90 bits per heavy atom. The van der Waals surface area contributed by atoms with Crippen LogP contribution in [0.25, 0.3) is 0 Å². The first-order chi connectivity index (χ1) is 9.31. The van der Waals surface area contributed by atoms with Crippen LogP contribution in [0.1, 0.15) is 45.4 Å².